The van der Waals surface area contributed by atoms with E-state index >= 15 is 0 Å². The van der Waals surface area contributed by atoms with Gasteiger partial charge in [0.1, 0.15) is 5.75 Å². The summed E-state index contributed by atoms with van der Waals surface area (Å²) in [5.74, 6) is 0.118. The normalized spacial score (nSPS) is 10.2. The zero-order valence-electron chi connectivity index (χ0n) is 14.6. The van der Waals surface area contributed by atoms with Crippen LogP contribution in [0, 0.1) is 6.92 Å². The van der Waals surface area contributed by atoms with Crippen molar-refractivity contribution in [2.45, 2.75) is 6.92 Å². The van der Waals surface area contributed by atoms with Crippen molar-refractivity contribution in [3.05, 3.63) is 59.2 Å². The van der Waals surface area contributed by atoms with Gasteiger partial charge in [-0.3, -0.25) is 9.59 Å². The van der Waals surface area contributed by atoms with Crippen molar-refractivity contribution in [1.29, 1.82) is 0 Å². The first-order valence-electron chi connectivity index (χ1n) is 7.88. The third-order valence-corrected chi connectivity index (χ3v) is 3.60. The zero-order chi connectivity index (χ0) is 18.2. The third-order valence-electron chi connectivity index (χ3n) is 3.60. The second-order valence-electron chi connectivity index (χ2n) is 5.48. The van der Waals surface area contributed by atoms with Crippen molar-refractivity contribution in [3.63, 3.8) is 0 Å². The third kappa shape index (κ3) is 5.06. The Morgan fingerprint density at radius 1 is 0.960 bits per heavy atom. The minimum absolute atomic E-state index is 0.204. The maximum atomic E-state index is 12.4. The summed E-state index contributed by atoms with van der Waals surface area (Å²) in [6.45, 7) is 2.82. The number of benzene rings is 2. The van der Waals surface area contributed by atoms with Gasteiger partial charge in [0, 0.05) is 24.8 Å². The highest BCUT2D eigenvalue weighted by Crippen LogP contribution is 2.25. The zero-order valence-corrected chi connectivity index (χ0v) is 14.6. The number of carbonyl (C=O) groups is 2. The van der Waals surface area contributed by atoms with Gasteiger partial charge in [0.05, 0.1) is 19.4 Å². The average Bonchev–Trinajstić information content (AvgIpc) is 2.62. The van der Waals surface area contributed by atoms with Crippen LogP contribution >= 0.6 is 0 Å². The predicted molar refractivity (Wildman–Crippen MR) is 96.3 cm³/mol. The highest BCUT2D eigenvalue weighted by molar-refractivity contribution is 6.05. The second kappa shape index (κ2) is 8.84. The Morgan fingerprint density at radius 3 is 2.20 bits per heavy atom. The van der Waals surface area contributed by atoms with E-state index < -0.39 is 0 Å². The van der Waals surface area contributed by atoms with E-state index in [0.717, 1.165) is 5.56 Å². The lowest BCUT2D eigenvalue weighted by Crippen LogP contribution is -2.27. The van der Waals surface area contributed by atoms with Gasteiger partial charge in [0.25, 0.3) is 11.8 Å². The Kier molecular flexibility index (Phi) is 6.54. The van der Waals surface area contributed by atoms with Crippen molar-refractivity contribution in [1.82, 2.24) is 5.32 Å². The Hall–Kier alpha value is -2.86. The smallest absolute Gasteiger partial charge is 0.255 e. The number of hydrogen-bond donors (Lipinski definition) is 2. The molecule has 0 aliphatic rings. The summed E-state index contributed by atoms with van der Waals surface area (Å²) in [5.41, 5.74) is 2.56. The molecule has 0 saturated carbocycles. The van der Waals surface area contributed by atoms with Crippen LogP contribution in [0.3, 0.4) is 0 Å². The molecule has 2 rings (SSSR count). The molecule has 0 aliphatic heterocycles. The molecule has 0 fully saturated rings. The molecule has 0 saturated heterocycles. The second-order valence-corrected chi connectivity index (χ2v) is 5.48. The molecule has 6 heteroatoms. The van der Waals surface area contributed by atoms with Gasteiger partial charge in [-0.05, 0) is 48.9 Å². The summed E-state index contributed by atoms with van der Waals surface area (Å²) in [5, 5.41) is 5.56. The molecule has 0 heterocycles. The van der Waals surface area contributed by atoms with Crippen LogP contribution in [0.5, 0.6) is 5.75 Å². The minimum Gasteiger partial charge on any atom is -0.495 e. The Morgan fingerprint density at radius 2 is 1.60 bits per heavy atom. The summed E-state index contributed by atoms with van der Waals surface area (Å²) in [6, 6.07) is 12.0. The van der Waals surface area contributed by atoms with Gasteiger partial charge in [0.2, 0.25) is 0 Å². The van der Waals surface area contributed by atoms with Gasteiger partial charge < -0.3 is 20.1 Å². The van der Waals surface area contributed by atoms with Crippen LogP contribution in [0.2, 0.25) is 0 Å². The summed E-state index contributed by atoms with van der Waals surface area (Å²) in [4.78, 5) is 24.3. The van der Waals surface area contributed by atoms with Gasteiger partial charge in [-0.1, -0.05) is 6.07 Å². The van der Waals surface area contributed by atoms with Crippen molar-refractivity contribution >= 4 is 17.5 Å². The Bertz CT molecular complexity index is 742. The highest BCUT2D eigenvalue weighted by Gasteiger charge is 2.11. The fourth-order valence-corrected chi connectivity index (χ4v) is 2.26. The van der Waals surface area contributed by atoms with E-state index in [0.29, 0.717) is 35.7 Å². The maximum absolute atomic E-state index is 12.4. The van der Waals surface area contributed by atoms with Gasteiger partial charge in [-0.15, -0.1) is 0 Å². The number of rotatable bonds is 7. The SMILES string of the molecule is COCCNC(=O)c1ccc(C(=O)Nc2cc(C)ccc2OC)cc1. The molecule has 2 aromatic rings. The van der Waals surface area contributed by atoms with E-state index in [1.165, 1.54) is 0 Å². The molecule has 0 unspecified atom stereocenters. The molecular weight excluding hydrogens is 320 g/mol. The van der Waals surface area contributed by atoms with Crippen molar-refractivity contribution < 1.29 is 19.1 Å². The first kappa shape index (κ1) is 18.5. The Labute approximate surface area is 147 Å². The number of anilines is 1. The quantitative estimate of drug-likeness (QED) is 0.759. The molecule has 2 aromatic carbocycles. The van der Waals surface area contributed by atoms with E-state index in [2.05, 4.69) is 10.6 Å². The van der Waals surface area contributed by atoms with Gasteiger partial charge in [-0.2, -0.15) is 0 Å². The number of ether oxygens (including phenoxy) is 2. The van der Waals surface area contributed by atoms with Crippen molar-refractivity contribution in [3.8, 4) is 5.75 Å². The van der Waals surface area contributed by atoms with E-state index in [1.807, 2.05) is 19.1 Å². The van der Waals surface area contributed by atoms with Gasteiger partial charge in [0.15, 0.2) is 0 Å². The molecule has 2 amide bonds. The van der Waals surface area contributed by atoms with E-state index in [9.17, 15) is 9.59 Å². The summed E-state index contributed by atoms with van der Waals surface area (Å²) in [7, 11) is 3.13. The van der Waals surface area contributed by atoms with Crippen LogP contribution in [0.15, 0.2) is 42.5 Å². The summed E-state index contributed by atoms with van der Waals surface area (Å²) < 4.78 is 10.1. The van der Waals surface area contributed by atoms with Crippen molar-refractivity contribution in [2.24, 2.45) is 0 Å². The predicted octanol–water partition coefficient (Wildman–Crippen LogP) is 2.63. The average molecular weight is 342 g/mol. The van der Waals surface area contributed by atoms with E-state index in [4.69, 9.17) is 9.47 Å². The number of carbonyl (C=O) groups excluding carboxylic acids is 2. The number of amides is 2. The van der Waals surface area contributed by atoms with Gasteiger partial charge >= 0.3 is 0 Å². The van der Waals surface area contributed by atoms with Crippen LogP contribution in [0.1, 0.15) is 26.3 Å². The molecule has 0 atom stereocenters. The Balaban J connectivity index is 2.05. The molecule has 25 heavy (non-hydrogen) atoms. The number of aryl methyl sites for hydroxylation is 1. The number of hydrogen-bond acceptors (Lipinski definition) is 4. The van der Waals surface area contributed by atoms with Gasteiger partial charge in [-0.25, -0.2) is 0 Å². The first-order valence-corrected chi connectivity index (χ1v) is 7.88. The molecule has 6 nitrogen and oxygen atoms in total. The number of methoxy groups -OCH3 is 2. The lowest BCUT2D eigenvalue weighted by molar-refractivity contribution is 0.0935. The lowest BCUT2D eigenvalue weighted by Gasteiger charge is -2.11. The maximum Gasteiger partial charge on any atom is 0.255 e. The molecule has 0 radical (unpaired) electrons. The number of nitrogens with one attached hydrogen (secondary N) is 2. The topological polar surface area (TPSA) is 76.7 Å². The van der Waals surface area contributed by atoms with Crippen LogP contribution in [0.25, 0.3) is 0 Å². The van der Waals surface area contributed by atoms with Crippen LogP contribution in [-0.4, -0.2) is 39.2 Å². The van der Waals surface area contributed by atoms with Crippen molar-refractivity contribution in [2.75, 3.05) is 32.7 Å². The molecule has 2 N–H and O–H groups in total. The summed E-state index contributed by atoms with van der Waals surface area (Å²) in [6.07, 6.45) is 0. The van der Waals surface area contributed by atoms with Crippen LogP contribution < -0.4 is 15.4 Å². The molecule has 0 bridgehead atoms. The van der Waals surface area contributed by atoms with E-state index in [-0.39, 0.29) is 11.8 Å². The molecule has 0 aliphatic carbocycles. The van der Waals surface area contributed by atoms with Crippen LogP contribution in [-0.2, 0) is 4.74 Å². The minimum atomic E-state index is -0.268. The first-order chi connectivity index (χ1) is 12.0. The standard InChI is InChI=1S/C19H22N2O4/c1-13-4-9-17(25-3)16(12-13)21-19(23)15-7-5-14(6-8-15)18(22)20-10-11-24-2/h4-9,12H,10-11H2,1-3H3,(H,20,22)(H,21,23). The largest absolute Gasteiger partial charge is 0.495 e. The monoisotopic (exact) mass is 342 g/mol. The highest BCUT2D eigenvalue weighted by atomic mass is 16.5. The fourth-order valence-electron chi connectivity index (χ4n) is 2.26. The fraction of sp³-hybridized carbons (Fsp3) is 0.263. The molecule has 132 valence electrons. The summed E-state index contributed by atoms with van der Waals surface area (Å²) >= 11 is 0. The molecule has 0 spiro atoms. The molecular formula is C19H22N2O4. The van der Waals surface area contributed by atoms with Crippen LogP contribution in [0.4, 0.5) is 5.69 Å². The van der Waals surface area contributed by atoms with E-state index in [1.54, 1.807) is 44.6 Å². The molecule has 0 aromatic heterocycles. The lowest BCUT2D eigenvalue weighted by atomic mass is 10.1.